The maximum absolute atomic E-state index is 13.0. The number of amides is 1. The van der Waals surface area contributed by atoms with Gasteiger partial charge in [-0.05, 0) is 63.1 Å². The van der Waals surface area contributed by atoms with Gasteiger partial charge in [0.05, 0.1) is 16.6 Å². The van der Waals surface area contributed by atoms with Gasteiger partial charge in [-0.3, -0.25) is 9.89 Å². The molecular formula is C22H25ClF3N5O. The molecule has 0 bridgehead atoms. The smallest absolute Gasteiger partial charge is 0.348 e. The summed E-state index contributed by atoms with van der Waals surface area (Å²) in [6.45, 7) is 0. The van der Waals surface area contributed by atoms with Gasteiger partial charge in [0.15, 0.2) is 5.69 Å². The van der Waals surface area contributed by atoms with Crippen LogP contribution in [0.3, 0.4) is 0 Å². The molecule has 0 saturated heterocycles. The molecule has 1 fully saturated rings. The Labute approximate surface area is 189 Å². The minimum atomic E-state index is -4.38. The van der Waals surface area contributed by atoms with E-state index >= 15 is 0 Å². The molecule has 0 spiro atoms. The molecular weight excluding hydrogens is 443 g/mol. The second-order valence-corrected chi connectivity index (χ2v) is 8.62. The number of aryl methyl sites for hydroxylation is 1. The predicted molar refractivity (Wildman–Crippen MR) is 116 cm³/mol. The highest BCUT2D eigenvalue weighted by Gasteiger charge is 2.32. The van der Waals surface area contributed by atoms with Crippen molar-refractivity contribution in [3.63, 3.8) is 0 Å². The van der Waals surface area contributed by atoms with Gasteiger partial charge in [0.2, 0.25) is 0 Å². The summed E-state index contributed by atoms with van der Waals surface area (Å²) >= 11 is 0. The molecule has 1 aromatic carbocycles. The van der Waals surface area contributed by atoms with E-state index in [1.165, 1.54) is 6.07 Å². The number of imidazole rings is 1. The van der Waals surface area contributed by atoms with E-state index in [1.54, 1.807) is 0 Å². The molecule has 6 nitrogen and oxygen atoms in total. The fourth-order valence-corrected chi connectivity index (χ4v) is 4.89. The Morgan fingerprint density at radius 1 is 1.12 bits per heavy atom. The van der Waals surface area contributed by atoms with Crippen molar-refractivity contribution >= 4 is 29.3 Å². The number of carbonyl (C=O) groups is 1. The van der Waals surface area contributed by atoms with Crippen molar-refractivity contribution in [2.45, 2.75) is 69.5 Å². The minimum absolute atomic E-state index is 0. The maximum Gasteiger partial charge on any atom is 0.416 e. The molecule has 1 amide bonds. The Bertz CT molecular complexity index is 1120. The molecule has 0 aliphatic heterocycles. The molecule has 1 saturated carbocycles. The van der Waals surface area contributed by atoms with Gasteiger partial charge in [0.25, 0.3) is 5.91 Å². The summed E-state index contributed by atoms with van der Waals surface area (Å²) in [6.07, 6.45) is 2.98. The largest absolute Gasteiger partial charge is 0.416 e. The number of nitrogens with one attached hydrogen (secondary N) is 3. The Morgan fingerprint density at radius 3 is 2.75 bits per heavy atom. The van der Waals surface area contributed by atoms with E-state index in [0.717, 1.165) is 68.3 Å². The summed E-state index contributed by atoms with van der Waals surface area (Å²) < 4.78 is 39.0. The summed E-state index contributed by atoms with van der Waals surface area (Å²) in [5, 5.41) is 10.4. The lowest BCUT2D eigenvalue weighted by Crippen LogP contribution is -2.38. The average Bonchev–Trinajstić information content (AvgIpc) is 3.37. The maximum atomic E-state index is 13.0. The number of aromatic amines is 2. The Hall–Kier alpha value is -2.55. The van der Waals surface area contributed by atoms with Crippen LogP contribution in [0.1, 0.15) is 77.6 Å². The summed E-state index contributed by atoms with van der Waals surface area (Å²) in [5.41, 5.74) is 2.83. The fraction of sp³-hybridized carbons (Fsp3) is 0.500. The molecule has 3 aromatic rings. The van der Waals surface area contributed by atoms with Crippen LogP contribution < -0.4 is 5.32 Å². The quantitative estimate of drug-likeness (QED) is 0.503. The molecule has 32 heavy (non-hydrogen) atoms. The first-order valence-electron chi connectivity index (χ1n) is 10.8. The van der Waals surface area contributed by atoms with E-state index < -0.39 is 11.7 Å². The zero-order valence-corrected chi connectivity index (χ0v) is 18.2. The van der Waals surface area contributed by atoms with Gasteiger partial charge >= 0.3 is 6.18 Å². The van der Waals surface area contributed by atoms with Crippen LogP contribution in [0.4, 0.5) is 13.2 Å². The van der Waals surface area contributed by atoms with E-state index in [2.05, 4.69) is 25.5 Å². The highest BCUT2D eigenvalue weighted by atomic mass is 35.5. The number of carbonyl (C=O) groups excluding carboxylic acids is 1. The van der Waals surface area contributed by atoms with Crippen molar-refractivity contribution in [3.05, 3.63) is 46.5 Å². The Kier molecular flexibility index (Phi) is 6.20. The van der Waals surface area contributed by atoms with Crippen LogP contribution in [0.2, 0.25) is 0 Å². The van der Waals surface area contributed by atoms with Gasteiger partial charge in [-0.2, -0.15) is 18.3 Å². The number of H-pyrrole nitrogens is 2. The van der Waals surface area contributed by atoms with Crippen molar-refractivity contribution in [3.8, 4) is 0 Å². The highest BCUT2D eigenvalue weighted by molar-refractivity contribution is 5.94. The SMILES string of the molecule is Cl.O=C(N[C@@H]1CCC[C@H](c2nc3ccc(C(F)(F)F)cc3[nH]2)C1)c1n[nH]c2c1CCCC2. The Morgan fingerprint density at radius 2 is 1.94 bits per heavy atom. The summed E-state index contributed by atoms with van der Waals surface area (Å²) in [5.74, 6) is 0.601. The summed E-state index contributed by atoms with van der Waals surface area (Å²) in [7, 11) is 0. The van der Waals surface area contributed by atoms with Gasteiger partial charge in [0.1, 0.15) is 5.82 Å². The number of nitrogens with zero attached hydrogens (tertiary/aromatic N) is 2. The van der Waals surface area contributed by atoms with Crippen molar-refractivity contribution in [2.75, 3.05) is 0 Å². The van der Waals surface area contributed by atoms with Crippen LogP contribution in [-0.2, 0) is 19.0 Å². The minimum Gasteiger partial charge on any atom is -0.348 e. The number of halogens is 4. The lowest BCUT2D eigenvalue weighted by molar-refractivity contribution is -0.137. The van der Waals surface area contributed by atoms with E-state index in [-0.39, 0.29) is 30.3 Å². The highest BCUT2D eigenvalue weighted by Crippen LogP contribution is 2.35. The predicted octanol–water partition coefficient (Wildman–Crippen LogP) is 5.06. The average molecular weight is 468 g/mol. The zero-order valence-electron chi connectivity index (χ0n) is 17.4. The first-order chi connectivity index (χ1) is 14.9. The van der Waals surface area contributed by atoms with Gasteiger partial charge in [0, 0.05) is 23.2 Å². The van der Waals surface area contributed by atoms with E-state index in [9.17, 15) is 18.0 Å². The van der Waals surface area contributed by atoms with E-state index in [1.807, 2.05) is 0 Å². The Balaban J connectivity index is 0.00000245. The van der Waals surface area contributed by atoms with Crippen molar-refractivity contribution in [1.82, 2.24) is 25.5 Å². The molecule has 0 radical (unpaired) electrons. The third kappa shape index (κ3) is 4.35. The van der Waals surface area contributed by atoms with E-state index in [4.69, 9.17) is 0 Å². The van der Waals surface area contributed by atoms with Crippen LogP contribution in [0.5, 0.6) is 0 Å². The standard InChI is InChI=1S/C22H24F3N5O.ClH/c23-22(24,25)13-8-9-17-18(11-13)28-20(27-17)12-4-3-5-14(10-12)26-21(31)19-15-6-1-2-7-16(15)29-30-19;/h8-9,11-12,14H,1-7,10H2,(H,26,31)(H,27,28)(H,29,30);1H/t12-,14+;/m0./s1. The van der Waals surface area contributed by atoms with Crippen LogP contribution in [0.15, 0.2) is 18.2 Å². The van der Waals surface area contributed by atoms with Gasteiger partial charge in [-0.1, -0.05) is 6.42 Å². The molecule has 3 N–H and O–H groups in total. The van der Waals surface area contributed by atoms with E-state index in [0.29, 0.717) is 29.0 Å². The summed E-state index contributed by atoms with van der Waals surface area (Å²) in [4.78, 5) is 20.4. The number of fused-ring (bicyclic) bond motifs is 2. The van der Waals surface area contributed by atoms with Crippen molar-refractivity contribution < 1.29 is 18.0 Å². The number of benzene rings is 1. The van der Waals surface area contributed by atoms with Crippen molar-refractivity contribution in [1.29, 1.82) is 0 Å². The first-order valence-corrected chi connectivity index (χ1v) is 10.8. The van der Waals surface area contributed by atoms with Gasteiger partial charge in [-0.25, -0.2) is 4.98 Å². The lowest BCUT2D eigenvalue weighted by Gasteiger charge is -2.28. The molecule has 0 unspecified atom stereocenters. The number of rotatable bonds is 3. The number of hydrogen-bond donors (Lipinski definition) is 3. The number of hydrogen-bond acceptors (Lipinski definition) is 3. The normalized spacial score (nSPS) is 21.1. The van der Waals surface area contributed by atoms with Crippen LogP contribution in [-0.4, -0.2) is 32.1 Å². The molecule has 2 aliphatic rings. The third-order valence-electron chi connectivity index (χ3n) is 6.50. The molecule has 172 valence electrons. The molecule has 5 rings (SSSR count). The lowest BCUT2D eigenvalue weighted by atomic mass is 9.85. The number of alkyl halides is 3. The van der Waals surface area contributed by atoms with Crippen LogP contribution >= 0.6 is 12.4 Å². The van der Waals surface area contributed by atoms with Crippen LogP contribution in [0, 0.1) is 0 Å². The molecule has 2 aliphatic carbocycles. The molecule has 2 heterocycles. The topological polar surface area (TPSA) is 86.5 Å². The van der Waals surface area contributed by atoms with Gasteiger partial charge in [-0.15, -0.1) is 12.4 Å². The molecule has 10 heteroatoms. The van der Waals surface area contributed by atoms with Crippen molar-refractivity contribution in [2.24, 2.45) is 0 Å². The zero-order chi connectivity index (χ0) is 21.6. The fourth-order valence-electron chi connectivity index (χ4n) is 4.89. The first kappa shape index (κ1) is 22.6. The molecule has 2 atom stereocenters. The second kappa shape index (κ2) is 8.77. The third-order valence-corrected chi connectivity index (χ3v) is 6.50. The monoisotopic (exact) mass is 467 g/mol. The van der Waals surface area contributed by atoms with Crippen LogP contribution in [0.25, 0.3) is 11.0 Å². The summed E-state index contributed by atoms with van der Waals surface area (Å²) in [6, 6.07) is 3.55. The second-order valence-electron chi connectivity index (χ2n) is 8.62. The van der Waals surface area contributed by atoms with Gasteiger partial charge < -0.3 is 10.3 Å². The number of aromatic nitrogens is 4. The molecule has 2 aromatic heterocycles.